The Hall–Kier alpha value is -0.640. The molecule has 0 aliphatic carbocycles. The van der Waals surface area contributed by atoms with Gasteiger partial charge in [-0.1, -0.05) is 40.9 Å². The molecule has 3 nitrogen and oxygen atoms in total. The van der Waals surface area contributed by atoms with E-state index >= 15 is 0 Å². The summed E-state index contributed by atoms with van der Waals surface area (Å²) in [5.74, 6) is 0. The second kappa shape index (κ2) is 4.73. The predicted molar refractivity (Wildman–Crippen MR) is 59.1 cm³/mol. The minimum Gasteiger partial charge on any atom is -0.351 e. The van der Waals surface area contributed by atoms with E-state index in [0.29, 0.717) is 16.3 Å². The third-order valence-corrected chi connectivity index (χ3v) is 2.21. The average Bonchev–Trinajstić information content (AvgIpc) is 2.01. The van der Waals surface area contributed by atoms with Crippen LogP contribution in [0.1, 0.15) is 10.4 Å². The molecule has 0 unspecified atom stereocenters. The van der Waals surface area contributed by atoms with Gasteiger partial charge in [-0.2, -0.15) is 0 Å². The van der Waals surface area contributed by atoms with Gasteiger partial charge in [-0.05, 0) is 12.1 Å². The zero-order chi connectivity index (χ0) is 10.7. The number of rotatable bonds is 2. The molecule has 0 heterocycles. The number of nitrogens with one attached hydrogen (secondary N) is 1. The van der Waals surface area contributed by atoms with E-state index in [0.717, 1.165) is 0 Å². The van der Waals surface area contributed by atoms with E-state index in [-0.39, 0.29) is 0 Å². The second-order valence-corrected chi connectivity index (χ2v) is 4.05. The molecule has 14 heavy (non-hydrogen) atoms. The lowest BCUT2D eigenvalue weighted by Crippen LogP contribution is -2.20. The Bertz CT molecular complexity index is 354. The summed E-state index contributed by atoms with van der Waals surface area (Å²) in [6.45, 7) is 0. The highest BCUT2D eigenvalue weighted by atomic mass is 35.5. The molecule has 0 aliphatic rings. The van der Waals surface area contributed by atoms with Crippen molar-refractivity contribution in [3.05, 3.63) is 28.8 Å². The summed E-state index contributed by atoms with van der Waals surface area (Å²) in [4.78, 5) is 9.90. The van der Waals surface area contributed by atoms with Gasteiger partial charge in [-0.15, -0.1) is 0 Å². The van der Waals surface area contributed by atoms with E-state index in [9.17, 15) is 4.79 Å². The number of hydrogen-bond acceptors (Lipinski definition) is 1. The number of carbonyl (C=O) groups excluding carboxylic acids is 1. The van der Waals surface area contributed by atoms with E-state index in [2.05, 4.69) is 5.32 Å². The van der Waals surface area contributed by atoms with Gasteiger partial charge in [0.05, 0.1) is 0 Å². The molecule has 76 valence electrons. The first kappa shape index (κ1) is 11.4. The summed E-state index contributed by atoms with van der Waals surface area (Å²) in [5, 5.41) is 2.85. The molecule has 3 N–H and O–H groups in total. The van der Waals surface area contributed by atoms with Crippen molar-refractivity contribution in [2.45, 2.75) is 4.84 Å². The quantitative estimate of drug-likeness (QED) is 0.781. The summed E-state index contributed by atoms with van der Waals surface area (Å²) in [7, 11) is 0. The Labute approximate surface area is 96.1 Å². The topological polar surface area (TPSA) is 55.1 Å². The molecule has 0 bridgehead atoms. The third-order valence-electron chi connectivity index (χ3n) is 1.51. The number of carbonyl (C=O) groups is 1. The first-order valence-electron chi connectivity index (χ1n) is 3.64. The van der Waals surface area contributed by atoms with Crippen molar-refractivity contribution >= 4 is 46.5 Å². The monoisotopic (exact) mass is 252 g/mol. The van der Waals surface area contributed by atoms with E-state index in [1.54, 1.807) is 12.1 Å². The summed E-state index contributed by atoms with van der Waals surface area (Å²) in [6.07, 6.45) is 0. The number of halogens is 3. The molecule has 1 aromatic rings. The third kappa shape index (κ3) is 2.94. The van der Waals surface area contributed by atoms with Crippen molar-refractivity contribution in [2.75, 3.05) is 5.32 Å². The van der Waals surface area contributed by atoms with Crippen LogP contribution in [-0.2, 0) is 0 Å². The van der Waals surface area contributed by atoms with E-state index < -0.39 is 10.9 Å². The van der Waals surface area contributed by atoms with Gasteiger partial charge in [0.15, 0.2) is 0 Å². The largest absolute Gasteiger partial charge is 0.351 e. The number of nitrogens with two attached hydrogens (primary N) is 1. The fourth-order valence-corrected chi connectivity index (χ4v) is 1.51. The smallest absolute Gasteiger partial charge is 0.316 e. The van der Waals surface area contributed by atoms with Crippen LogP contribution in [0.25, 0.3) is 0 Å². The van der Waals surface area contributed by atoms with Crippen molar-refractivity contribution in [3.63, 3.8) is 0 Å². The van der Waals surface area contributed by atoms with Crippen molar-refractivity contribution in [1.82, 2.24) is 0 Å². The van der Waals surface area contributed by atoms with Gasteiger partial charge in [0.1, 0.15) is 4.84 Å². The molecule has 0 spiro atoms. The summed E-state index contributed by atoms with van der Waals surface area (Å²) in [5.41, 5.74) is 5.93. The highest BCUT2D eigenvalue weighted by molar-refractivity contribution is 6.44. The Balaban J connectivity index is 3.09. The summed E-state index contributed by atoms with van der Waals surface area (Å²) < 4.78 is 0. The van der Waals surface area contributed by atoms with E-state index in [1.807, 2.05) is 0 Å². The maximum absolute atomic E-state index is 10.6. The molecule has 0 radical (unpaired) electrons. The van der Waals surface area contributed by atoms with Crippen LogP contribution in [0.2, 0.25) is 5.02 Å². The highest BCUT2D eigenvalue weighted by Crippen LogP contribution is 2.32. The maximum atomic E-state index is 10.6. The molecule has 1 rings (SSSR count). The molecule has 0 fully saturated rings. The maximum Gasteiger partial charge on any atom is 0.316 e. The highest BCUT2D eigenvalue weighted by Gasteiger charge is 2.11. The van der Waals surface area contributed by atoms with Crippen molar-refractivity contribution in [3.8, 4) is 0 Å². The zero-order valence-electron chi connectivity index (χ0n) is 6.93. The number of benzene rings is 1. The Morgan fingerprint density at radius 1 is 1.43 bits per heavy atom. The van der Waals surface area contributed by atoms with Crippen molar-refractivity contribution in [1.29, 1.82) is 0 Å². The summed E-state index contributed by atoms with van der Waals surface area (Å²) in [6, 6.07) is 4.08. The Morgan fingerprint density at radius 3 is 2.57 bits per heavy atom. The number of primary amides is 1. The van der Waals surface area contributed by atoms with Crippen LogP contribution in [0, 0.1) is 0 Å². The zero-order valence-corrected chi connectivity index (χ0v) is 9.20. The molecule has 0 saturated heterocycles. The van der Waals surface area contributed by atoms with Gasteiger partial charge in [-0.25, -0.2) is 4.79 Å². The standard InChI is InChI=1S/C8H7Cl3N2O/c9-4-1-2-5(7(10)11)6(3-4)13-8(12)14/h1-3,7H,(H3,12,13,14). The molecule has 6 heteroatoms. The Morgan fingerprint density at radius 2 is 2.07 bits per heavy atom. The number of anilines is 1. The molecular formula is C8H7Cl3N2O. The lowest BCUT2D eigenvalue weighted by molar-refractivity contribution is 0.259. The second-order valence-electron chi connectivity index (χ2n) is 2.52. The van der Waals surface area contributed by atoms with Crippen LogP contribution in [0.3, 0.4) is 0 Å². The molecule has 0 saturated carbocycles. The van der Waals surface area contributed by atoms with Crippen LogP contribution < -0.4 is 11.1 Å². The average molecular weight is 254 g/mol. The fourth-order valence-electron chi connectivity index (χ4n) is 0.960. The van der Waals surface area contributed by atoms with Crippen molar-refractivity contribution in [2.24, 2.45) is 5.73 Å². The summed E-state index contributed by atoms with van der Waals surface area (Å²) >= 11 is 17.1. The van der Waals surface area contributed by atoms with Crippen LogP contribution in [0.5, 0.6) is 0 Å². The van der Waals surface area contributed by atoms with Gasteiger partial charge >= 0.3 is 6.03 Å². The molecule has 1 aromatic carbocycles. The number of urea groups is 1. The molecular weight excluding hydrogens is 246 g/mol. The SMILES string of the molecule is NC(=O)Nc1cc(Cl)ccc1C(Cl)Cl. The number of alkyl halides is 2. The number of hydrogen-bond donors (Lipinski definition) is 2. The van der Waals surface area contributed by atoms with Crippen LogP contribution in [0.15, 0.2) is 18.2 Å². The number of amides is 2. The van der Waals surface area contributed by atoms with Gasteiger partial charge in [0.2, 0.25) is 0 Å². The lowest BCUT2D eigenvalue weighted by atomic mass is 10.2. The van der Waals surface area contributed by atoms with Gasteiger partial charge in [0, 0.05) is 16.3 Å². The predicted octanol–water partition coefficient (Wildman–Crippen LogP) is 3.31. The van der Waals surface area contributed by atoms with Gasteiger partial charge in [0.25, 0.3) is 0 Å². The van der Waals surface area contributed by atoms with Crippen LogP contribution >= 0.6 is 34.8 Å². The molecule has 0 atom stereocenters. The van der Waals surface area contributed by atoms with Crippen molar-refractivity contribution < 1.29 is 4.79 Å². The minimum absolute atomic E-state index is 0.417. The van der Waals surface area contributed by atoms with Crippen LogP contribution in [0.4, 0.5) is 10.5 Å². The molecule has 2 amide bonds. The normalized spacial score (nSPS) is 10.3. The van der Waals surface area contributed by atoms with Crippen LogP contribution in [-0.4, -0.2) is 6.03 Å². The van der Waals surface area contributed by atoms with E-state index in [4.69, 9.17) is 40.5 Å². The van der Waals surface area contributed by atoms with E-state index in [1.165, 1.54) is 6.07 Å². The fraction of sp³-hybridized carbons (Fsp3) is 0.125. The first-order valence-corrected chi connectivity index (χ1v) is 4.90. The molecule has 0 aliphatic heterocycles. The first-order chi connectivity index (χ1) is 6.50. The van der Waals surface area contributed by atoms with Gasteiger partial charge in [-0.3, -0.25) is 0 Å². The lowest BCUT2D eigenvalue weighted by Gasteiger charge is -2.10. The Kier molecular flexibility index (Phi) is 3.86. The molecule has 0 aromatic heterocycles. The minimum atomic E-state index is -0.742. The van der Waals surface area contributed by atoms with Gasteiger partial charge < -0.3 is 11.1 Å².